The van der Waals surface area contributed by atoms with Crippen molar-refractivity contribution in [3.05, 3.63) is 0 Å². The smallest absolute Gasteiger partial charge is 0.410 e. The lowest BCUT2D eigenvalue weighted by atomic mass is 10.2. The third kappa shape index (κ3) is 5.35. The van der Waals surface area contributed by atoms with E-state index in [1.54, 1.807) is 4.90 Å². The summed E-state index contributed by atoms with van der Waals surface area (Å²) in [5.41, 5.74) is 5.06. The molecule has 4 nitrogen and oxygen atoms in total. The van der Waals surface area contributed by atoms with Crippen LogP contribution in [-0.2, 0) is 4.74 Å². The SMILES string of the molecule is CC(C)(C)OC(=O)N(CCCN)CC1CC1. The van der Waals surface area contributed by atoms with E-state index in [4.69, 9.17) is 10.5 Å². The van der Waals surface area contributed by atoms with Crippen LogP contribution in [0.4, 0.5) is 4.79 Å². The zero-order valence-corrected chi connectivity index (χ0v) is 10.7. The van der Waals surface area contributed by atoms with Crippen molar-refractivity contribution in [1.82, 2.24) is 4.90 Å². The summed E-state index contributed by atoms with van der Waals surface area (Å²) in [6.45, 7) is 7.83. The number of hydrogen-bond donors (Lipinski definition) is 1. The van der Waals surface area contributed by atoms with Crippen molar-refractivity contribution in [1.29, 1.82) is 0 Å². The van der Waals surface area contributed by atoms with Crippen LogP contribution in [0.2, 0.25) is 0 Å². The molecular formula is C12H24N2O2. The van der Waals surface area contributed by atoms with Gasteiger partial charge in [0.05, 0.1) is 0 Å². The second-order valence-electron chi connectivity index (χ2n) is 5.51. The van der Waals surface area contributed by atoms with Gasteiger partial charge in [0, 0.05) is 13.1 Å². The topological polar surface area (TPSA) is 55.6 Å². The molecule has 0 unspecified atom stereocenters. The minimum Gasteiger partial charge on any atom is -0.444 e. The number of amides is 1. The lowest BCUT2D eigenvalue weighted by molar-refractivity contribution is 0.0240. The Balaban J connectivity index is 2.42. The predicted octanol–water partition coefficient (Wildman–Crippen LogP) is 1.98. The second-order valence-corrected chi connectivity index (χ2v) is 5.51. The molecule has 0 aromatic carbocycles. The fourth-order valence-corrected chi connectivity index (χ4v) is 1.48. The molecule has 16 heavy (non-hydrogen) atoms. The summed E-state index contributed by atoms with van der Waals surface area (Å²) in [4.78, 5) is 13.7. The molecule has 0 heterocycles. The highest BCUT2D eigenvalue weighted by Crippen LogP contribution is 2.30. The molecule has 1 fully saturated rings. The largest absolute Gasteiger partial charge is 0.444 e. The Morgan fingerprint density at radius 2 is 2.06 bits per heavy atom. The van der Waals surface area contributed by atoms with Crippen LogP contribution in [-0.4, -0.2) is 36.2 Å². The fourth-order valence-electron chi connectivity index (χ4n) is 1.48. The maximum atomic E-state index is 11.9. The Hall–Kier alpha value is -0.770. The molecule has 0 saturated heterocycles. The molecule has 0 spiro atoms. The number of carbonyl (C=O) groups is 1. The number of ether oxygens (including phenoxy) is 1. The molecule has 0 aromatic heterocycles. The van der Waals surface area contributed by atoms with Gasteiger partial charge < -0.3 is 15.4 Å². The van der Waals surface area contributed by atoms with Gasteiger partial charge in [0.1, 0.15) is 5.60 Å². The van der Waals surface area contributed by atoms with Gasteiger partial charge >= 0.3 is 6.09 Å². The van der Waals surface area contributed by atoms with Crippen molar-refractivity contribution in [2.45, 2.75) is 45.6 Å². The molecule has 4 heteroatoms. The van der Waals surface area contributed by atoms with Crippen molar-refractivity contribution in [2.75, 3.05) is 19.6 Å². The number of hydrogen-bond acceptors (Lipinski definition) is 3. The van der Waals surface area contributed by atoms with Crippen LogP contribution in [0.25, 0.3) is 0 Å². The molecule has 1 aliphatic carbocycles. The highest BCUT2D eigenvalue weighted by molar-refractivity contribution is 5.68. The van der Waals surface area contributed by atoms with Crippen LogP contribution in [0, 0.1) is 5.92 Å². The standard InChI is InChI=1S/C12H24N2O2/c1-12(2,3)16-11(15)14(8-4-7-13)9-10-5-6-10/h10H,4-9,13H2,1-3H3. The van der Waals surface area contributed by atoms with Gasteiger partial charge in [-0.25, -0.2) is 4.79 Å². The van der Waals surface area contributed by atoms with Crippen LogP contribution < -0.4 is 5.73 Å². The van der Waals surface area contributed by atoms with Gasteiger partial charge in [-0.05, 0) is 52.5 Å². The van der Waals surface area contributed by atoms with Crippen LogP contribution >= 0.6 is 0 Å². The summed E-state index contributed by atoms with van der Waals surface area (Å²) in [7, 11) is 0. The van der Waals surface area contributed by atoms with Gasteiger partial charge in [0.15, 0.2) is 0 Å². The van der Waals surface area contributed by atoms with E-state index in [-0.39, 0.29) is 6.09 Å². The molecule has 2 N–H and O–H groups in total. The average molecular weight is 228 g/mol. The van der Waals surface area contributed by atoms with E-state index in [2.05, 4.69) is 0 Å². The first-order valence-corrected chi connectivity index (χ1v) is 6.10. The normalized spacial score (nSPS) is 16.0. The van der Waals surface area contributed by atoms with Gasteiger partial charge in [0.2, 0.25) is 0 Å². The van der Waals surface area contributed by atoms with E-state index < -0.39 is 5.60 Å². The maximum Gasteiger partial charge on any atom is 0.410 e. The van der Waals surface area contributed by atoms with Crippen molar-refractivity contribution >= 4 is 6.09 Å². The van der Waals surface area contributed by atoms with Crippen molar-refractivity contribution in [3.8, 4) is 0 Å². The van der Waals surface area contributed by atoms with Gasteiger partial charge in [-0.1, -0.05) is 0 Å². The van der Waals surface area contributed by atoms with Gasteiger partial charge in [0.25, 0.3) is 0 Å². The van der Waals surface area contributed by atoms with E-state index in [1.807, 2.05) is 20.8 Å². The van der Waals surface area contributed by atoms with Crippen molar-refractivity contribution < 1.29 is 9.53 Å². The van der Waals surface area contributed by atoms with Gasteiger partial charge in [-0.15, -0.1) is 0 Å². The number of carbonyl (C=O) groups excluding carboxylic acids is 1. The monoisotopic (exact) mass is 228 g/mol. The lowest BCUT2D eigenvalue weighted by Crippen LogP contribution is -2.39. The van der Waals surface area contributed by atoms with Crippen LogP contribution in [0.5, 0.6) is 0 Å². The Bertz CT molecular complexity index is 232. The van der Waals surface area contributed by atoms with Crippen LogP contribution in [0.15, 0.2) is 0 Å². The minimum absolute atomic E-state index is 0.201. The molecule has 0 radical (unpaired) electrons. The molecule has 94 valence electrons. The van der Waals surface area contributed by atoms with E-state index >= 15 is 0 Å². The third-order valence-corrected chi connectivity index (χ3v) is 2.46. The van der Waals surface area contributed by atoms with Gasteiger partial charge in [-0.2, -0.15) is 0 Å². The van der Waals surface area contributed by atoms with E-state index in [0.717, 1.165) is 13.0 Å². The second kappa shape index (κ2) is 5.53. The summed E-state index contributed by atoms with van der Waals surface area (Å²) in [6, 6.07) is 0. The molecular weight excluding hydrogens is 204 g/mol. The first-order chi connectivity index (χ1) is 7.42. The molecule has 0 aromatic rings. The summed E-state index contributed by atoms with van der Waals surface area (Å²) in [6.07, 6.45) is 3.11. The van der Waals surface area contributed by atoms with E-state index in [0.29, 0.717) is 19.0 Å². The average Bonchev–Trinajstić information content (AvgIpc) is 2.92. The highest BCUT2D eigenvalue weighted by Gasteiger charge is 2.28. The Morgan fingerprint density at radius 1 is 1.44 bits per heavy atom. The molecule has 1 amide bonds. The third-order valence-electron chi connectivity index (χ3n) is 2.46. The maximum absolute atomic E-state index is 11.9. The van der Waals surface area contributed by atoms with Crippen LogP contribution in [0.3, 0.4) is 0 Å². The molecule has 0 aliphatic heterocycles. The van der Waals surface area contributed by atoms with Gasteiger partial charge in [-0.3, -0.25) is 0 Å². The van der Waals surface area contributed by atoms with E-state index in [9.17, 15) is 4.79 Å². The zero-order valence-electron chi connectivity index (χ0n) is 10.7. The summed E-state index contributed by atoms with van der Waals surface area (Å²) in [5.74, 6) is 0.685. The fraction of sp³-hybridized carbons (Fsp3) is 0.917. The molecule has 1 rings (SSSR count). The summed E-state index contributed by atoms with van der Waals surface area (Å²) < 4.78 is 5.37. The van der Waals surface area contributed by atoms with E-state index in [1.165, 1.54) is 12.8 Å². The Kier molecular flexibility index (Phi) is 4.59. The lowest BCUT2D eigenvalue weighted by Gasteiger charge is -2.27. The Morgan fingerprint density at radius 3 is 2.50 bits per heavy atom. The molecule has 0 bridgehead atoms. The Labute approximate surface area is 98.1 Å². The molecule has 1 saturated carbocycles. The van der Waals surface area contributed by atoms with Crippen molar-refractivity contribution in [3.63, 3.8) is 0 Å². The quantitative estimate of drug-likeness (QED) is 0.783. The predicted molar refractivity (Wildman–Crippen MR) is 64.2 cm³/mol. The number of rotatable bonds is 5. The zero-order chi connectivity index (χ0) is 12.2. The van der Waals surface area contributed by atoms with Crippen LogP contribution in [0.1, 0.15) is 40.0 Å². The minimum atomic E-state index is -0.415. The molecule has 0 atom stereocenters. The number of nitrogens with zero attached hydrogens (tertiary/aromatic N) is 1. The number of nitrogens with two attached hydrogens (primary N) is 1. The first kappa shape index (κ1) is 13.3. The highest BCUT2D eigenvalue weighted by atomic mass is 16.6. The van der Waals surface area contributed by atoms with Crippen molar-refractivity contribution in [2.24, 2.45) is 11.7 Å². The first-order valence-electron chi connectivity index (χ1n) is 6.10. The summed E-state index contributed by atoms with van der Waals surface area (Å²) in [5, 5.41) is 0. The molecule has 1 aliphatic rings. The summed E-state index contributed by atoms with van der Waals surface area (Å²) >= 11 is 0.